The van der Waals surface area contributed by atoms with Crippen LogP contribution in [0.1, 0.15) is 36.3 Å². The maximum atomic E-state index is 12.6. The van der Waals surface area contributed by atoms with E-state index in [1.807, 2.05) is 35.1 Å². The van der Waals surface area contributed by atoms with Gasteiger partial charge >= 0.3 is 0 Å². The zero-order valence-corrected chi connectivity index (χ0v) is 16.5. The normalized spacial score (nSPS) is 21.4. The molecule has 3 aromatic rings. The molecule has 1 spiro atoms. The highest BCUT2D eigenvalue weighted by atomic mass is 16.2. The van der Waals surface area contributed by atoms with Crippen LogP contribution >= 0.6 is 0 Å². The van der Waals surface area contributed by atoms with Crippen molar-refractivity contribution in [3.05, 3.63) is 84.2 Å². The number of carbonyl (C=O) groups is 1. The Bertz CT molecular complexity index is 958. The molecule has 1 atom stereocenters. The van der Waals surface area contributed by atoms with Gasteiger partial charge in [0.2, 0.25) is 5.91 Å². The number of aromatic nitrogens is 2. The van der Waals surface area contributed by atoms with Crippen LogP contribution in [0.25, 0.3) is 5.69 Å². The molecular weight excluding hydrogens is 360 g/mol. The summed E-state index contributed by atoms with van der Waals surface area (Å²) >= 11 is 0. The minimum atomic E-state index is -0.0297. The van der Waals surface area contributed by atoms with E-state index in [0.29, 0.717) is 0 Å². The molecule has 2 aliphatic heterocycles. The van der Waals surface area contributed by atoms with Gasteiger partial charge in [0.05, 0.1) is 11.6 Å². The molecule has 1 N–H and O–H groups in total. The lowest BCUT2D eigenvalue weighted by molar-refractivity contribution is -0.121. The van der Waals surface area contributed by atoms with Crippen molar-refractivity contribution in [2.45, 2.75) is 37.3 Å². The van der Waals surface area contributed by atoms with Crippen molar-refractivity contribution in [2.75, 3.05) is 13.1 Å². The Balaban J connectivity index is 1.19. The van der Waals surface area contributed by atoms with Crippen molar-refractivity contribution >= 4 is 5.91 Å². The summed E-state index contributed by atoms with van der Waals surface area (Å²) in [6, 6.07) is 20.7. The van der Waals surface area contributed by atoms with E-state index in [4.69, 9.17) is 0 Å². The molecule has 0 radical (unpaired) electrons. The van der Waals surface area contributed by atoms with Crippen LogP contribution in [0.5, 0.6) is 0 Å². The summed E-state index contributed by atoms with van der Waals surface area (Å²) in [5.41, 5.74) is 3.51. The van der Waals surface area contributed by atoms with Crippen LogP contribution < -0.4 is 5.32 Å². The lowest BCUT2D eigenvalue weighted by Crippen LogP contribution is -2.50. The number of hydrogen-bond donors (Lipinski definition) is 1. The smallest absolute Gasteiger partial charge is 0.228 e. The van der Waals surface area contributed by atoms with Crippen LogP contribution in [0.3, 0.4) is 0 Å². The summed E-state index contributed by atoms with van der Waals surface area (Å²) in [6.07, 6.45) is 6.71. The second kappa shape index (κ2) is 7.48. The van der Waals surface area contributed by atoms with Gasteiger partial charge < -0.3 is 5.32 Å². The van der Waals surface area contributed by atoms with E-state index in [0.717, 1.165) is 50.1 Å². The fourth-order valence-corrected chi connectivity index (χ4v) is 4.74. The van der Waals surface area contributed by atoms with Crippen molar-refractivity contribution in [1.29, 1.82) is 0 Å². The van der Waals surface area contributed by atoms with Gasteiger partial charge in [0.15, 0.2) is 0 Å². The number of nitrogens with zero attached hydrogens (tertiary/aromatic N) is 3. The largest absolute Gasteiger partial charge is 0.350 e. The molecule has 5 nitrogen and oxygen atoms in total. The zero-order valence-electron chi connectivity index (χ0n) is 16.5. The third-order valence-electron chi connectivity index (χ3n) is 6.43. The summed E-state index contributed by atoms with van der Waals surface area (Å²) in [6.45, 7) is 2.98. The number of piperidine rings is 1. The molecule has 2 aliphatic rings. The number of rotatable bonds is 4. The molecular formula is C24H26N4O. The lowest BCUT2D eigenvalue weighted by atomic mass is 9.82. The highest BCUT2D eigenvalue weighted by Crippen LogP contribution is 2.39. The van der Waals surface area contributed by atoms with Gasteiger partial charge in [-0.3, -0.25) is 9.69 Å². The fourth-order valence-electron chi connectivity index (χ4n) is 4.74. The molecule has 3 heterocycles. The maximum Gasteiger partial charge on any atom is 0.228 e. The number of benzene rings is 2. The fraction of sp³-hybridized carbons (Fsp3) is 0.333. The summed E-state index contributed by atoms with van der Waals surface area (Å²) in [5.74, 6) is 0.191. The molecule has 1 aromatic heterocycles. The molecule has 0 bridgehead atoms. The van der Waals surface area contributed by atoms with E-state index < -0.39 is 0 Å². The van der Waals surface area contributed by atoms with Gasteiger partial charge in [-0.1, -0.05) is 42.5 Å². The van der Waals surface area contributed by atoms with E-state index in [-0.39, 0.29) is 17.4 Å². The molecule has 29 heavy (non-hydrogen) atoms. The zero-order chi connectivity index (χ0) is 19.7. The first-order valence-corrected chi connectivity index (χ1v) is 10.4. The quantitative estimate of drug-likeness (QED) is 0.747. The minimum Gasteiger partial charge on any atom is -0.350 e. The number of hydrogen-bond acceptors (Lipinski definition) is 3. The van der Waals surface area contributed by atoms with Crippen LogP contribution in [0, 0.1) is 0 Å². The van der Waals surface area contributed by atoms with E-state index in [1.54, 1.807) is 6.20 Å². The van der Waals surface area contributed by atoms with Gasteiger partial charge in [0, 0.05) is 37.6 Å². The first-order valence-electron chi connectivity index (χ1n) is 10.4. The van der Waals surface area contributed by atoms with E-state index >= 15 is 0 Å². The van der Waals surface area contributed by atoms with Gasteiger partial charge in [0.1, 0.15) is 0 Å². The average molecular weight is 386 g/mol. The van der Waals surface area contributed by atoms with Crippen LogP contribution in [0.2, 0.25) is 0 Å². The minimum absolute atomic E-state index is 0.00223. The molecule has 2 saturated heterocycles. The topological polar surface area (TPSA) is 50.2 Å². The van der Waals surface area contributed by atoms with Gasteiger partial charge in [-0.05, 0) is 48.6 Å². The predicted molar refractivity (Wildman–Crippen MR) is 113 cm³/mol. The van der Waals surface area contributed by atoms with Crippen LogP contribution in [0.15, 0.2) is 73.1 Å². The summed E-state index contributed by atoms with van der Waals surface area (Å²) in [5, 5.41) is 7.63. The Morgan fingerprint density at radius 1 is 1.00 bits per heavy atom. The molecule has 148 valence electrons. The molecule has 1 amide bonds. The second-order valence-corrected chi connectivity index (χ2v) is 8.33. The Kier molecular flexibility index (Phi) is 4.68. The Hall–Kier alpha value is -2.92. The van der Waals surface area contributed by atoms with Gasteiger partial charge in [-0.25, -0.2) is 4.68 Å². The first-order chi connectivity index (χ1) is 14.2. The van der Waals surface area contributed by atoms with Crippen LogP contribution in [-0.2, 0) is 11.3 Å². The number of likely N-dealkylation sites (tertiary alicyclic amines) is 1. The van der Waals surface area contributed by atoms with Crippen molar-refractivity contribution in [1.82, 2.24) is 20.0 Å². The lowest BCUT2D eigenvalue weighted by Gasteiger charge is -2.39. The van der Waals surface area contributed by atoms with Crippen molar-refractivity contribution in [2.24, 2.45) is 0 Å². The summed E-state index contributed by atoms with van der Waals surface area (Å²) < 4.78 is 1.88. The van der Waals surface area contributed by atoms with Crippen molar-refractivity contribution in [3.63, 3.8) is 0 Å². The van der Waals surface area contributed by atoms with E-state index in [2.05, 4.69) is 51.7 Å². The number of carbonyl (C=O) groups excluding carboxylic acids is 1. The summed E-state index contributed by atoms with van der Waals surface area (Å²) in [7, 11) is 0. The standard InChI is InChI=1S/C24H26N4O/c29-23-22(20-5-2-1-3-6-20)17-24(26-23)11-15-27(16-12-24)18-19-7-9-21(10-8-19)28-14-4-13-25-28/h1-10,13-14,22H,11-12,15-18H2,(H,26,29). The summed E-state index contributed by atoms with van der Waals surface area (Å²) in [4.78, 5) is 15.1. The second-order valence-electron chi connectivity index (χ2n) is 8.33. The SMILES string of the molecule is O=C1NC2(CCN(Cc3ccc(-n4cccn4)cc3)CC2)CC1c1ccccc1. The van der Waals surface area contributed by atoms with E-state index in [1.165, 1.54) is 5.56 Å². The van der Waals surface area contributed by atoms with Crippen LogP contribution in [-0.4, -0.2) is 39.2 Å². The van der Waals surface area contributed by atoms with Gasteiger partial charge in [0.25, 0.3) is 0 Å². The van der Waals surface area contributed by atoms with E-state index in [9.17, 15) is 4.79 Å². The number of amides is 1. The maximum absolute atomic E-state index is 12.6. The Labute approximate surface area is 171 Å². The molecule has 0 saturated carbocycles. The molecule has 5 rings (SSSR count). The molecule has 0 aliphatic carbocycles. The molecule has 2 fully saturated rings. The average Bonchev–Trinajstić information content (AvgIpc) is 3.40. The third kappa shape index (κ3) is 3.70. The molecule has 1 unspecified atom stereocenters. The Morgan fingerprint density at radius 3 is 2.45 bits per heavy atom. The van der Waals surface area contributed by atoms with Crippen molar-refractivity contribution in [3.8, 4) is 5.69 Å². The Morgan fingerprint density at radius 2 is 1.76 bits per heavy atom. The predicted octanol–water partition coefficient (Wildman–Crippen LogP) is 3.51. The first kappa shape index (κ1) is 18.1. The molecule has 5 heteroatoms. The molecule has 2 aromatic carbocycles. The van der Waals surface area contributed by atoms with Gasteiger partial charge in [-0.15, -0.1) is 0 Å². The highest BCUT2D eigenvalue weighted by molar-refractivity contribution is 5.87. The third-order valence-corrected chi connectivity index (χ3v) is 6.43. The van der Waals surface area contributed by atoms with Crippen molar-refractivity contribution < 1.29 is 4.79 Å². The highest BCUT2D eigenvalue weighted by Gasteiger charge is 2.45. The number of nitrogens with one attached hydrogen (secondary N) is 1. The van der Waals surface area contributed by atoms with Crippen LogP contribution in [0.4, 0.5) is 0 Å². The monoisotopic (exact) mass is 386 g/mol. The van der Waals surface area contributed by atoms with Gasteiger partial charge in [-0.2, -0.15) is 5.10 Å².